The number of methoxy groups -OCH3 is 1. The molecule has 3 aromatic carbocycles. The van der Waals surface area contributed by atoms with Crippen LogP contribution in [0.25, 0.3) is 6.08 Å². The predicted octanol–water partition coefficient (Wildman–Crippen LogP) is 5.26. The molecule has 1 N–H and O–H groups in total. The molecule has 1 fully saturated rings. The van der Waals surface area contributed by atoms with Crippen molar-refractivity contribution in [2.45, 2.75) is 18.7 Å². The lowest BCUT2D eigenvalue weighted by Gasteiger charge is -2.38. The Balaban J connectivity index is 1.33. The topological polar surface area (TPSA) is 80.2 Å². The SMILES string of the molecule is COc1ccc(C2=NN3C(C2)c2ccccc2OC3c2ccc(/C=C3\SC(=O)NC3=O)cc2)cc1. The second kappa shape index (κ2) is 8.63. The molecule has 1 saturated heterocycles. The summed E-state index contributed by atoms with van der Waals surface area (Å²) in [6.45, 7) is 0. The molecule has 3 aromatic rings. The van der Waals surface area contributed by atoms with Crippen LogP contribution in [0.15, 0.2) is 82.8 Å². The summed E-state index contributed by atoms with van der Waals surface area (Å²) in [5.41, 5.74) is 4.95. The molecule has 0 spiro atoms. The lowest BCUT2D eigenvalue weighted by Crippen LogP contribution is -2.33. The largest absolute Gasteiger partial charge is 0.497 e. The van der Waals surface area contributed by atoms with Gasteiger partial charge in [-0.05, 0) is 59.3 Å². The van der Waals surface area contributed by atoms with Crippen LogP contribution >= 0.6 is 11.8 Å². The molecule has 174 valence electrons. The maximum Gasteiger partial charge on any atom is 0.290 e. The number of imide groups is 1. The van der Waals surface area contributed by atoms with E-state index < -0.39 is 6.23 Å². The van der Waals surface area contributed by atoms with Crippen molar-refractivity contribution < 1.29 is 19.1 Å². The Bertz CT molecular complexity index is 1380. The Morgan fingerprint density at radius 3 is 2.54 bits per heavy atom. The normalized spacial score (nSPS) is 21.8. The fraction of sp³-hybridized carbons (Fsp3) is 0.148. The van der Waals surface area contributed by atoms with Crippen molar-refractivity contribution in [2.24, 2.45) is 5.10 Å². The fourth-order valence-corrected chi connectivity index (χ4v) is 5.22. The smallest absolute Gasteiger partial charge is 0.290 e. The van der Waals surface area contributed by atoms with E-state index >= 15 is 0 Å². The Hall–Kier alpha value is -4.04. The molecule has 2 unspecified atom stereocenters. The third-order valence-corrected chi connectivity index (χ3v) is 7.09. The minimum atomic E-state index is -0.391. The molecule has 7 nitrogen and oxygen atoms in total. The second-order valence-electron chi connectivity index (χ2n) is 8.40. The van der Waals surface area contributed by atoms with Gasteiger partial charge in [-0.25, -0.2) is 5.01 Å². The zero-order valence-electron chi connectivity index (χ0n) is 18.8. The van der Waals surface area contributed by atoms with Crippen LogP contribution in [0.2, 0.25) is 0 Å². The van der Waals surface area contributed by atoms with Crippen molar-refractivity contribution in [3.8, 4) is 11.5 Å². The van der Waals surface area contributed by atoms with Crippen molar-refractivity contribution in [3.63, 3.8) is 0 Å². The zero-order chi connectivity index (χ0) is 23.9. The number of nitrogens with zero attached hydrogens (tertiary/aromatic N) is 2. The van der Waals surface area contributed by atoms with Gasteiger partial charge >= 0.3 is 0 Å². The average Bonchev–Trinajstić information content (AvgIpc) is 3.47. The van der Waals surface area contributed by atoms with Crippen LogP contribution in [0, 0.1) is 0 Å². The molecular formula is C27H21N3O4S. The Labute approximate surface area is 206 Å². The van der Waals surface area contributed by atoms with Crippen LogP contribution in [0.1, 0.15) is 40.9 Å². The van der Waals surface area contributed by atoms with Gasteiger partial charge in [0.05, 0.1) is 23.8 Å². The van der Waals surface area contributed by atoms with Crippen LogP contribution in [-0.4, -0.2) is 29.0 Å². The quantitative estimate of drug-likeness (QED) is 0.510. The highest BCUT2D eigenvalue weighted by molar-refractivity contribution is 8.18. The van der Waals surface area contributed by atoms with Gasteiger partial charge in [0.25, 0.3) is 11.1 Å². The molecule has 6 rings (SSSR count). The first kappa shape index (κ1) is 21.5. The first-order valence-corrected chi connectivity index (χ1v) is 12.0. The summed E-state index contributed by atoms with van der Waals surface area (Å²) < 4.78 is 11.7. The molecule has 0 radical (unpaired) electrons. The van der Waals surface area contributed by atoms with Crippen LogP contribution in [-0.2, 0) is 4.79 Å². The third kappa shape index (κ3) is 3.95. The molecule has 0 bridgehead atoms. The minimum Gasteiger partial charge on any atom is -0.497 e. The van der Waals surface area contributed by atoms with Crippen molar-refractivity contribution in [3.05, 3.63) is 100.0 Å². The number of amides is 2. The van der Waals surface area contributed by atoms with Gasteiger partial charge < -0.3 is 9.47 Å². The lowest BCUT2D eigenvalue weighted by atomic mass is 9.96. The van der Waals surface area contributed by atoms with Gasteiger partial charge in [-0.2, -0.15) is 5.10 Å². The van der Waals surface area contributed by atoms with Gasteiger partial charge in [0.1, 0.15) is 11.5 Å². The summed E-state index contributed by atoms with van der Waals surface area (Å²) in [6, 6.07) is 23.9. The number of rotatable bonds is 4. The molecule has 3 aliphatic rings. The van der Waals surface area contributed by atoms with E-state index in [1.807, 2.05) is 71.7 Å². The molecule has 2 atom stereocenters. The Morgan fingerprint density at radius 1 is 1.06 bits per heavy atom. The van der Waals surface area contributed by atoms with Crippen molar-refractivity contribution in [2.75, 3.05) is 7.11 Å². The summed E-state index contributed by atoms with van der Waals surface area (Å²) in [5, 5.41) is 8.96. The summed E-state index contributed by atoms with van der Waals surface area (Å²) in [5.74, 6) is 1.30. The van der Waals surface area contributed by atoms with Crippen LogP contribution < -0.4 is 14.8 Å². The number of carbonyl (C=O) groups excluding carboxylic acids is 2. The number of hydrogen-bond donors (Lipinski definition) is 1. The number of hydrogen-bond acceptors (Lipinski definition) is 7. The number of benzene rings is 3. The highest BCUT2D eigenvalue weighted by atomic mass is 32.2. The second-order valence-corrected chi connectivity index (χ2v) is 9.42. The molecule has 0 saturated carbocycles. The number of hydrazone groups is 1. The number of para-hydroxylation sites is 1. The monoisotopic (exact) mass is 483 g/mol. The highest BCUT2D eigenvalue weighted by Gasteiger charge is 2.40. The highest BCUT2D eigenvalue weighted by Crippen LogP contribution is 2.47. The maximum atomic E-state index is 11.9. The first-order chi connectivity index (χ1) is 17.1. The fourth-order valence-electron chi connectivity index (χ4n) is 4.54. The molecule has 8 heteroatoms. The number of thioether (sulfide) groups is 1. The standard InChI is InChI=1S/C27H21N3O4S/c1-33-19-12-10-17(11-13-19)21-15-22-20-4-2-3-5-23(20)34-26(30(22)29-21)18-8-6-16(7-9-18)14-24-25(31)28-27(32)35-24/h2-14,22,26H,15H2,1H3,(H,28,31,32)/b24-14-. The van der Waals surface area contributed by atoms with Crippen molar-refractivity contribution in [1.82, 2.24) is 10.3 Å². The maximum absolute atomic E-state index is 11.9. The number of carbonyl (C=O) groups is 2. The Morgan fingerprint density at radius 2 is 1.83 bits per heavy atom. The van der Waals surface area contributed by atoms with Gasteiger partial charge in [-0.3, -0.25) is 14.9 Å². The van der Waals surface area contributed by atoms with Crippen LogP contribution in [0.3, 0.4) is 0 Å². The van der Waals surface area contributed by atoms with Crippen molar-refractivity contribution in [1.29, 1.82) is 0 Å². The van der Waals surface area contributed by atoms with E-state index in [2.05, 4.69) is 11.4 Å². The van der Waals surface area contributed by atoms with Crippen LogP contribution in [0.4, 0.5) is 4.79 Å². The molecule has 0 aromatic heterocycles. The molecule has 2 amide bonds. The number of fused-ring (bicyclic) bond motifs is 3. The number of ether oxygens (including phenoxy) is 2. The summed E-state index contributed by atoms with van der Waals surface area (Å²) in [6.07, 6.45) is 2.09. The lowest BCUT2D eigenvalue weighted by molar-refractivity contribution is -0.115. The van der Waals surface area contributed by atoms with E-state index in [0.717, 1.165) is 57.6 Å². The summed E-state index contributed by atoms with van der Waals surface area (Å²) >= 11 is 0.909. The summed E-state index contributed by atoms with van der Waals surface area (Å²) in [7, 11) is 1.66. The Kier molecular flexibility index (Phi) is 5.30. The predicted molar refractivity (Wildman–Crippen MR) is 134 cm³/mol. The molecule has 3 heterocycles. The molecule has 3 aliphatic heterocycles. The average molecular weight is 484 g/mol. The van der Waals surface area contributed by atoms with Gasteiger partial charge in [-0.1, -0.05) is 42.5 Å². The van der Waals surface area contributed by atoms with E-state index in [0.29, 0.717) is 4.91 Å². The number of nitrogens with one attached hydrogen (secondary N) is 1. The van der Waals surface area contributed by atoms with Gasteiger partial charge in [0.2, 0.25) is 6.23 Å². The van der Waals surface area contributed by atoms with Gasteiger partial charge in [-0.15, -0.1) is 0 Å². The third-order valence-electron chi connectivity index (χ3n) is 6.28. The minimum absolute atomic E-state index is 0.0634. The van der Waals surface area contributed by atoms with E-state index in [9.17, 15) is 9.59 Å². The zero-order valence-corrected chi connectivity index (χ0v) is 19.6. The van der Waals surface area contributed by atoms with Crippen LogP contribution in [0.5, 0.6) is 11.5 Å². The van der Waals surface area contributed by atoms with E-state index in [4.69, 9.17) is 14.6 Å². The first-order valence-electron chi connectivity index (χ1n) is 11.2. The van der Waals surface area contributed by atoms with Gasteiger partial charge in [0, 0.05) is 17.5 Å². The molecule has 35 heavy (non-hydrogen) atoms. The summed E-state index contributed by atoms with van der Waals surface area (Å²) in [4.78, 5) is 23.7. The van der Waals surface area contributed by atoms with Crippen molar-refractivity contribution >= 4 is 34.7 Å². The van der Waals surface area contributed by atoms with Gasteiger partial charge in [0.15, 0.2) is 0 Å². The molecule has 0 aliphatic carbocycles. The van der Waals surface area contributed by atoms with E-state index in [-0.39, 0.29) is 17.2 Å². The van der Waals surface area contributed by atoms with E-state index in [1.165, 1.54) is 0 Å². The molecular weight excluding hydrogens is 462 g/mol. The van der Waals surface area contributed by atoms with E-state index in [1.54, 1.807) is 13.2 Å².